The van der Waals surface area contributed by atoms with E-state index in [-0.39, 0.29) is 11.3 Å². The molecule has 1 aliphatic rings. The molecular formula is C12H11F2N3. The molecule has 2 N–H and O–H groups in total. The van der Waals surface area contributed by atoms with Crippen molar-refractivity contribution in [2.45, 2.75) is 18.9 Å². The van der Waals surface area contributed by atoms with Crippen LogP contribution in [0.15, 0.2) is 24.5 Å². The average Bonchev–Trinajstić information content (AvgIpc) is 3.05. The summed E-state index contributed by atoms with van der Waals surface area (Å²) in [6.07, 6.45) is 3.63. The first-order chi connectivity index (χ1) is 8.18. The molecule has 1 aromatic heterocycles. The van der Waals surface area contributed by atoms with E-state index in [4.69, 9.17) is 5.73 Å². The second-order valence-corrected chi connectivity index (χ2v) is 4.21. The Balaban J connectivity index is 2.15. The van der Waals surface area contributed by atoms with Crippen LogP contribution in [0.5, 0.6) is 0 Å². The van der Waals surface area contributed by atoms with Crippen LogP contribution in [-0.2, 0) is 0 Å². The monoisotopic (exact) mass is 235 g/mol. The molecule has 0 atom stereocenters. The predicted octanol–water partition coefficient (Wildman–Crippen LogP) is 2.75. The molecule has 0 radical (unpaired) electrons. The maximum absolute atomic E-state index is 13.6. The van der Waals surface area contributed by atoms with E-state index in [0.717, 1.165) is 12.8 Å². The first-order valence-corrected chi connectivity index (χ1v) is 5.45. The van der Waals surface area contributed by atoms with Crippen molar-refractivity contribution in [1.29, 1.82) is 0 Å². The van der Waals surface area contributed by atoms with E-state index < -0.39 is 11.6 Å². The first-order valence-electron chi connectivity index (χ1n) is 5.45. The van der Waals surface area contributed by atoms with Crippen LogP contribution in [0.4, 0.5) is 14.6 Å². The Morgan fingerprint density at radius 3 is 2.47 bits per heavy atom. The highest BCUT2D eigenvalue weighted by atomic mass is 19.1. The molecular weight excluding hydrogens is 224 g/mol. The summed E-state index contributed by atoms with van der Waals surface area (Å²) < 4.78 is 29.0. The van der Waals surface area contributed by atoms with Gasteiger partial charge in [-0.05, 0) is 25.0 Å². The average molecular weight is 235 g/mol. The quantitative estimate of drug-likeness (QED) is 0.869. The van der Waals surface area contributed by atoms with Gasteiger partial charge < -0.3 is 10.3 Å². The maximum atomic E-state index is 13.6. The van der Waals surface area contributed by atoms with E-state index >= 15 is 0 Å². The summed E-state index contributed by atoms with van der Waals surface area (Å²) >= 11 is 0. The molecule has 1 aliphatic carbocycles. The van der Waals surface area contributed by atoms with Gasteiger partial charge in [-0.25, -0.2) is 13.8 Å². The van der Waals surface area contributed by atoms with Crippen LogP contribution in [-0.4, -0.2) is 9.55 Å². The number of hydrogen-bond donors (Lipinski definition) is 1. The molecule has 1 fully saturated rings. The Kier molecular flexibility index (Phi) is 2.14. The number of imidazole rings is 1. The molecule has 2 aromatic rings. The van der Waals surface area contributed by atoms with Crippen LogP contribution in [0, 0.1) is 11.6 Å². The molecule has 17 heavy (non-hydrogen) atoms. The van der Waals surface area contributed by atoms with Crippen molar-refractivity contribution >= 4 is 5.82 Å². The summed E-state index contributed by atoms with van der Waals surface area (Å²) in [7, 11) is 0. The van der Waals surface area contributed by atoms with Crippen molar-refractivity contribution < 1.29 is 8.78 Å². The molecule has 1 saturated carbocycles. The van der Waals surface area contributed by atoms with Gasteiger partial charge in [0.15, 0.2) is 0 Å². The van der Waals surface area contributed by atoms with Gasteiger partial charge >= 0.3 is 0 Å². The molecule has 0 aliphatic heterocycles. The van der Waals surface area contributed by atoms with Gasteiger partial charge in [-0.1, -0.05) is 6.07 Å². The highest BCUT2D eigenvalue weighted by Crippen LogP contribution is 2.39. The smallest absolute Gasteiger partial charge is 0.135 e. The molecule has 3 rings (SSSR count). The lowest BCUT2D eigenvalue weighted by Gasteiger charge is -2.05. The van der Waals surface area contributed by atoms with E-state index in [1.807, 2.05) is 0 Å². The molecule has 1 heterocycles. The summed E-state index contributed by atoms with van der Waals surface area (Å²) in [5.74, 6) is -0.952. The fourth-order valence-corrected chi connectivity index (χ4v) is 1.93. The highest BCUT2D eigenvalue weighted by Gasteiger charge is 2.27. The minimum absolute atomic E-state index is 0.149. The number of halogens is 2. The standard InChI is InChI=1S/C12H11F2N3/c13-8-2-1-3-9(14)10(8)11-12(15)17(6-16-11)7-4-5-7/h1-3,6-7H,4-5,15H2. The Bertz CT molecular complexity index is 553. The van der Waals surface area contributed by atoms with Crippen molar-refractivity contribution in [2.75, 3.05) is 5.73 Å². The fraction of sp³-hybridized carbons (Fsp3) is 0.250. The molecule has 88 valence electrons. The van der Waals surface area contributed by atoms with Gasteiger partial charge in [0.2, 0.25) is 0 Å². The van der Waals surface area contributed by atoms with Crippen LogP contribution >= 0.6 is 0 Å². The van der Waals surface area contributed by atoms with Crippen molar-refractivity contribution in [2.24, 2.45) is 0 Å². The van der Waals surface area contributed by atoms with Crippen molar-refractivity contribution in [3.63, 3.8) is 0 Å². The Labute approximate surface area is 96.9 Å². The molecule has 5 heteroatoms. The zero-order chi connectivity index (χ0) is 12.0. The zero-order valence-corrected chi connectivity index (χ0v) is 9.03. The maximum Gasteiger partial charge on any atom is 0.135 e. The summed E-state index contributed by atoms with van der Waals surface area (Å²) in [6.45, 7) is 0. The number of aromatic nitrogens is 2. The zero-order valence-electron chi connectivity index (χ0n) is 9.03. The van der Waals surface area contributed by atoms with E-state index in [1.165, 1.54) is 18.2 Å². The third-order valence-electron chi connectivity index (χ3n) is 2.97. The molecule has 3 nitrogen and oxygen atoms in total. The van der Waals surface area contributed by atoms with Crippen molar-refractivity contribution in [1.82, 2.24) is 9.55 Å². The minimum atomic E-state index is -0.641. The lowest BCUT2D eigenvalue weighted by molar-refractivity contribution is 0.589. The van der Waals surface area contributed by atoms with E-state index in [9.17, 15) is 8.78 Å². The number of nitrogens with zero attached hydrogens (tertiary/aromatic N) is 2. The normalized spacial score (nSPS) is 15.2. The van der Waals surface area contributed by atoms with Crippen molar-refractivity contribution in [3.05, 3.63) is 36.2 Å². The fourth-order valence-electron chi connectivity index (χ4n) is 1.93. The molecule has 0 bridgehead atoms. The lowest BCUT2D eigenvalue weighted by Crippen LogP contribution is -2.00. The summed E-state index contributed by atoms with van der Waals surface area (Å²) in [5.41, 5.74) is 5.92. The third-order valence-corrected chi connectivity index (χ3v) is 2.97. The minimum Gasteiger partial charge on any atom is -0.383 e. The van der Waals surface area contributed by atoms with Crippen molar-refractivity contribution in [3.8, 4) is 11.3 Å². The van der Waals surface area contributed by atoms with Crippen LogP contribution in [0.25, 0.3) is 11.3 Å². The van der Waals surface area contributed by atoms with E-state index in [1.54, 1.807) is 10.9 Å². The predicted molar refractivity (Wildman–Crippen MR) is 60.3 cm³/mol. The molecule has 0 amide bonds. The van der Waals surface area contributed by atoms with E-state index in [2.05, 4.69) is 4.98 Å². The molecule has 0 saturated heterocycles. The van der Waals surface area contributed by atoms with Gasteiger partial charge in [0.25, 0.3) is 0 Å². The molecule has 0 unspecified atom stereocenters. The summed E-state index contributed by atoms with van der Waals surface area (Å²) in [5, 5.41) is 0. The largest absolute Gasteiger partial charge is 0.383 e. The van der Waals surface area contributed by atoms with Crippen LogP contribution in [0.2, 0.25) is 0 Å². The van der Waals surface area contributed by atoms with Gasteiger partial charge in [0.1, 0.15) is 23.1 Å². The Morgan fingerprint density at radius 1 is 1.24 bits per heavy atom. The second kappa shape index (κ2) is 3.55. The number of anilines is 1. The van der Waals surface area contributed by atoms with Crippen LogP contribution < -0.4 is 5.73 Å². The van der Waals surface area contributed by atoms with Gasteiger partial charge in [-0.15, -0.1) is 0 Å². The highest BCUT2D eigenvalue weighted by molar-refractivity contribution is 5.71. The number of nitrogen functional groups attached to an aromatic ring is 1. The number of benzene rings is 1. The number of rotatable bonds is 2. The first kappa shape index (κ1) is 10.3. The van der Waals surface area contributed by atoms with Crippen LogP contribution in [0.3, 0.4) is 0 Å². The van der Waals surface area contributed by atoms with Crippen LogP contribution in [0.1, 0.15) is 18.9 Å². The topological polar surface area (TPSA) is 43.8 Å². The van der Waals surface area contributed by atoms with Gasteiger partial charge in [0.05, 0.1) is 11.9 Å². The summed E-state index contributed by atoms with van der Waals surface area (Å²) in [4.78, 5) is 4.03. The SMILES string of the molecule is Nc1c(-c2c(F)cccc2F)ncn1C1CC1. The lowest BCUT2D eigenvalue weighted by atomic mass is 10.1. The van der Waals surface area contributed by atoms with Gasteiger partial charge in [-0.2, -0.15) is 0 Å². The summed E-state index contributed by atoms with van der Waals surface area (Å²) in [6, 6.07) is 4.07. The molecule has 1 aromatic carbocycles. The molecule has 0 spiro atoms. The third kappa shape index (κ3) is 1.58. The van der Waals surface area contributed by atoms with E-state index in [0.29, 0.717) is 11.9 Å². The number of hydrogen-bond acceptors (Lipinski definition) is 2. The number of nitrogens with two attached hydrogens (primary N) is 1. The van der Waals surface area contributed by atoms with Gasteiger partial charge in [-0.3, -0.25) is 0 Å². The van der Waals surface area contributed by atoms with Gasteiger partial charge in [0, 0.05) is 6.04 Å². The Morgan fingerprint density at radius 2 is 1.88 bits per heavy atom. The second-order valence-electron chi connectivity index (χ2n) is 4.21. The Hall–Kier alpha value is -1.91.